The van der Waals surface area contributed by atoms with Crippen molar-refractivity contribution in [1.82, 2.24) is 9.29 Å². The molecule has 0 radical (unpaired) electrons. The molecule has 5 nitrogen and oxygen atoms in total. The molecule has 0 spiro atoms. The van der Waals surface area contributed by atoms with Crippen molar-refractivity contribution in [3.63, 3.8) is 0 Å². The Balaban J connectivity index is 3.00. The third kappa shape index (κ3) is 3.64. The molecule has 1 aromatic rings. The van der Waals surface area contributed by atoms with Gasteiger partial charge in [-0.3, -0.25) is 0 Å². The molecule has 0 fully saturated rings. The third-order valence-electron chi connectivity index (χ3n) is 2.23. The van der Waals surface area contributed by atoms with E-state index in [4.69, 9.17) is 16.3 Å². The molecular weight excluding hydrogens is 264 g/mol. The molecule has 96 valence electrons. The molecule has 0 aliphatic heterocycles. The summed E-state index contributed by atoms with van der Waals surface area (Å²) < 4.78 is 30.6. The molecule has 0 atom stereocenters. The number of sulfonamides is 1. The molecule has 0 unspecified atom stereocenters. The number of ether oxygens (including phenoxy) is 1. The number of nitrogens with zero attached hydrogens (tertiary/aromatic N) is 2. The minimum absolute atomic E-state index is 0.149. The van der Waals surface area contributed by atoms with Gasteiger partial charge in [-0.25, -0.2) is 13.4 Å². The molecule has 0 amide bonds. The Morgan fingerprint density at radius 2 is 2.24 bits per heavy atom. The van der Waals surface area contributed by atoms with E-state index < -0.39 is 10.0 Å². The molecule has 1 rings (SSSR count). The fourth-order valence-corrected chi connectivity index (χ4v) is 3.02. The van der Waals surface area contributed by atoms with E-state index in [9.17, 15) is 8.42 Å². The average Bonchev–Trinajstić information content (AvgIpc) is 2.30. The van der Waals surface area contributed by atoms with Gasteiger partial charge in [0.2, 0.25) is 10.0 Å². The zero-order valence-electron chi connectivity index (χ0n) is 9.76. The fourth-order valence-electron chi connectivity index (χ4n) is 1.34. The number of halogens is 1. The standard InChI is InChI=1S/C10H15ClN2O3S/c1-3-13(6-7-16-2)17(14,15)9-4-5-12-10(11)8-9/h4-5,8H,3,6-7H2,1-2H3. The van der Waals surface area contributed by atoms with Gasteiger partial charge in [0.25, 0.3) is 0 Å². The number of aromatic nitrogens is 1. The highest BCUT2D eigenvalue weighted by atomic mass is 35.5. The minimum Gasteiger partial charge on any atom is -0.383 e. The summed E-state index contributed by atoms with van der Waals surface area (Å²) in [6.45, 7) is 2.82. The van der Waals surface area contributed by atoms with Crippen LogP contribution in [0, 0.1) is 0 Å². The first-order chi connectivity index (χ1) is 8.02. The monoisotopic (exact) mass is 278 g/mol. The Kier molecular flexibility index (Phi) is 5.32. The maximum atomic E-state index is 12.2. The molecule has 0 saturated carbocycles. The molecule has 1 heterocycles. The minimum atomic E-state index is -3.52. The molecule has 0 aliphatic carbocycles. The van der Waals surface area contributed by atoms with Gasteiger partial charge < -0.3 is 4.74 Å². The van der Waals surface area contributed by atoms with Crippen LogP contribution in [0.3, 0.4) is 0 Å². The predicted molar refractivity (Wildman–Crippen MR) is 65.6 cm³/mol. The van der Waals surface area contributed by atoms with Crippen molar-refractivity contribution in [3.05, 3.63) is 23.5 Å². The molecule has 17 heavy (non-hydrogen) atoms. The summed E-state index contributed by atoms with van der Waals surface area (Å²) in [6, 6.07) is 2.77. The average molecular weight is 279 g/mol. The molecule has 7 heteroatoms. The molecule has 0 saturated heterocycles. The molecule has 0 bridgehead atoms. The van der Waals surface area contributed by atoms with Crippen molar-refractivity contribution in [3.8, 4) is 0 Å². The highest BCUT2D eigenvalue weighted by Crippen LogP contribution is 2.17. The number of hydrogen-bond donors (Lipinski definition) is 0. The van der Waals surface area contributed by atoms with Gasteiger partial charge >= 0.3 is 0 Å². The van der Waals surface area contributed by atoms with Gasteiger partial charge in [0, 0.05) is 26.4 Å². The lowest BCUT2D eigenvalue weighted by molar-refractivity contribution is 0.180. The van der Waals surface area contributed by atoms with E-state index in [2.05, 4.69) is 4.98 Å². The van der Waals surface area contributed by atoms with Gasteiger partial charge in [-0.1, -0.05) is 18.5 Å². The topological polar surface area (TPSA) is 59.5 Å². The lowest BCUT2D eigenvalue weighted by Crippen LogP contribution is -2.33. The smallest absolute Gasteiger partial charge is 0.243 e. The quantitative estimate of drug-likeness (QED) is 0.738. The molecular formula is C10H15ClN2O3S. The Bertz CT molecular complexity index is 464. The maximum Gasteiger partial charge on any atom is 0.243 e. The molecule has 1 aromatic heterocycles. The summed E-state index contributed by atoms with van der Waals surface area (Å²) in [5.41, 5.74) is 0. The zero-order valence-corrected chi connectivity index (χ0v) is 11.3. The number of hydrogen-bond acceptors (Lipinski definition) is 4. The van der Waals surface area contributed by atoms with Crippen LogP contribution in [-0.4, -0.2) is 44.5 Å². The maximum absolute atomic E-state index is 12.2. The Morgan fingerprint density at radius 3 is 2.76 bits per heavy atom. The number of methoxy groups -OCH3 is 1. The van der Waals surface area contributed by atoms with Crippen molar-refractivity contribution in [2.45, 2.75) is 11.8 Å². The molecule has 0 N–H and O–H groups in total. The molecule has 0 aliphatic rings. The number of likely N-dealkylation sites (N-methyl/N-ethyl adjacent to an activating group) is 1. The first-order valence-electron chi connectivity index (χ1n) is 5.13. The van der Waals surface area contributed by atoms with Crippen molar-refractivity contribution >= 4 is 21.6 Å². The highest BCUT2D eigenvalue weighted by molar-refractivity contribution is 7.89. The van der Waals surface area contributed by atoms with Gasteiger partial charge in [-0.05, 0) is 12.1 Å². The van der Waals surface area contributed by atoms with Crippen LogP contribution in [0.1, 0.15) is 6.92 Å². The van der Waals surface area contributed by atoms with E-state index in [-0.39, 0.29) is 10.0 Å². The predicted octanol–water partition coefficient (Wildman–Crippen LogP) is 1.39. The fraction of sp³-hybridized carbons (Fsp3) is 0.500. The van der Waals surface area contributed by atoms with Gasteiger partial charge in [0.1, 0.15) is 5.15 Å². The van der Waals surface area contributed by atoms with E-state index in [0.29, 0.717) is 19.7 Å². The van der Waals surface area contributed by atoms with Gasteiger partial charge in [0.05, 0.1) is 11.5 Å². The van der Waals surface area contributed by atoms with Crippen LogP contribution in [0.2, 0.25) is 5.15 Å². The second kappa shape index (κ2) is 6.30. The van der Waals surface area contributed by atoms with E-state index in [1.807, 2.05) is 0 Å². The van der Waals surface area contributed by atoms with Crippen molar-refractivity contribution < 1.29 is 13.2 Å². The lowest BCUT2D eigenvalue weighted by atomic mass is 10.5. The normalized spacial score (nSPS) is 12.0. The largest absolute Gasteiger partial charge is 0.383 e. The summed E-state index contributed by atoms with van der Waals surface area (Å²) in [7, 11) is -1.99. The van der Waals surface area contributed by atoms with E-state index in [1.54, 1.807) is 6.92 Å². The summed E-state index contributed by atoms with van der Waals surface area (Å²) in [6.07, 6.45) is 1.37. The van der Waals surface area contributed by atoms with Crippen LogP contribution in [0.25, 0.3) is 0 Å². The highest BCUT2D eigenvalue weighted by Gasteiger charge is 2.22. The van der Waals surface area contributed by atoms with Gasteiger partial charge in [-0.2, -0.15) is 4.31 Å². The Labute approximate surface area is 106 Å². The summed E-state index contributed by atoms with van der Waals surface area (Å²) in [5.74, 6) is 0. The number of pyridine rings is 1. The van der Waals surface area contributed by atoms with Crippen LogP contribution in [0.4, 0.5) is 0 Å². The third-order valence-corrected chi connectivity index (χ3v) is 4.41. The Hall–Kier alpha value is -0.690. The SMILES string of the molecule is CCN(CCOC)S(=O)(=O)c1ccnc(Cl)c1. The van der Waals surface area contributed by atoms with Crippen LogP contribution in [-0.2, 0) is 14.8 Å². The molecule has 0 aromatic carbocycles. The number of rotatable bonds is 6. The van der Waals surface area contributed by atoms with E-state index >= 15 is 0 Å². The summed E-state index contributed by atoms with van der Waals surface area (Å²) in [4.78, 5) is 3.91. The second-order valence-corrected chi connectivity index (χ2v) is 5.63. The van der Waals surface area contributed by atoms with E-state index in [1.165, 1.54) is 29.7 Å². The van der Waals surface area contributed by atoms with Crippen LogP contribution in [0.15, 0.2) is 23.2 Å². The summed E-state index contributed by atoms with van der Waals surface area (Å²) >= 11 is 5.68. The van der Waals surface area contributed by atoms with E-state index in [0.717, 1.165) is 0 Å². The first-order valence-corrected chi connectivity index (χ1v) is 6.94. The summed E-state index contributed by atoms with van der Waals surface area (Å²) in [5, 5.41) is 0.161. The zero-order chi connectivity index (χ0) is 12.9. The van der Waals surface area contributed by atoms with Gasteiger partial charge in [0.15, 0.2) is 0 Å². The van der Waals surface area contributed by atoms with Crippen molar-refractivity contribution in [2.24, 2.45) is 0 Å². The van der Waals surface area contributed by atoms with Crippen LogP contribution in [0.5, 0.6) is 0 Å². The van der Waals surface area contributed by atoms with Gasteiger partial charge in [-0.15, -0.1) is 0 Å². The first kappa shape index (κ1) is 14.4. The van der Waals surface area contributed by atoms with Crippen LogP contribution < -0.4 is 0 Å². The Morgan fingerprint density at radius 1 is 1.53 bits per heavy atom. The van der Waals surface area contributed by atoms with Crippen molar-refractivity contribution in [2.75, 3.05) is 26.8 Å². The lowest BCUT2D eigenvalue weighted by Gasteiger charge is -2.19. The van der Waals surface area contributed by atoms with Crippen molar-refractivity contribution in [1.29, 1.82) is 0 Å². The van der Waals surface area contributed by atoms with Crippen LogP contribution >= 0.6 is 11.6 Å². The second-order valence-electron chi connectivity index (χ2n) is 3.30.